The molecule has 0 spiro atoms. The number of benzene rings is 2. The summed E-state index contributed by atoms with van der Waals surface area (Å²) in [6.45, 7) is 1.57. The zero-order valence-corrected chi connectivity index (χ0v) is 29.7. The van der Waals surface area contributed by atoms with Gasteiger partial charge in [-0.1, -0.05) is 43.2 Å². The largest absolute Gasteiger partial charge is 0.444 e. The second-order valence-corrected chi connectivity index (χ2v) is 17.1. The highest BCUT2D eigenvalue weighted by Gasteiger charge is 2.63. The van der Waals surface area contributed by atoms with Crippen molar-refractivity contribution in [2.45, 2.75) is 106 Å². The van der Waals surface area contributed by atoms with Gasteiger partial charge in [0.15, 0.2) is 0 Å². The fourth-order valence-electron chi connectivity index (χ4n) is 7.45. The normalized spacial score (nSPS) is 28.4. The van der Waals surface area contributed by atoms with Crippen LogP contribution in [-0.2, 0) is 42.2 Å². The van der Waals surface area contributed by atoms with E-state index >= 15 is 0 Å². The van der Waals surface area contributed by atoms with E-state index < -0.39 is 79.9 Å². The maximum atomic E-state index is 14.4. The molecule has 0 bridgehead atoms. The van der Waals surface area contributed by atoms with Gasteiger partial charge in [0, 0.05) is 30.1 Å². The van der Waals surface area contributed by atoms with Crippen molar-refractivity contribution in [3.63, 3.8) is 0 Å². The van der Waals surface area contributed by atoms with Crippen molar-refractivity contribution in [2.75, 3.05) is 11.9 Å². The summed E-state index contributed by atoms with van der Waals surface area (Å²) in [6, 6.07) is 8.29. The average Bonchev–Trinajstić information content (AvgIpc) is 3.89. The first-order valence-electron chi connectivity index (χ1n) is 17.9. The van der Waals surface area contributed by atoms with E-state index in [0.29, 0.717) is 48.9 Å². The number of anilines is 1. The van der Waals surface area contributed by atoms with Crippen LogP contribution in [0.5, 0.6) is 0 Å². The number of hydrogen-bond donors (Lipinski definition) is 3. The van der Waals surface area contributed by atoms with Gasteiger partial charge in [-0.2, -0.15) is 0 Å². The zero-order valence-electron chi connectivity index (χ0n) is 28.9. The van der Waals surface area contributed by atoms with Gasteiger partial charge in [0.25, 0.3) is 5.91 Å². The third-order valence-electron chi connectivity index (χ3n) is 11.1. The van der Waals surface area contributed by atoms with Crippen LogP contribution in [0.15, 0.2) is 54.6 Å². The van der Waals surface area contributed by atoms with Crippen molar-refractivity contribution in [3.05, 3.63) is 77.4 Å². The number of hydrogen-bond acceptors (Lipinski definition) is 8. The predicted octanol–water partition coefficient (Wildman–Crippen LogP) is 4.26. The molecule has 2 aromatic carbocycles. The van der Waals surface area contributed by atoms with Crippen LogP contribution in [0.3, 0.4) is 0 Å². The number of fused-ring (bicyclic) bond motifs is 3. The standard InChI is InChI=1S/C37H43F2N5O7S/c1-36(15-16-36)52(49,50)42-34(47)37-19-24(37)10-5-3-2-4-6-14-30(40-26-12-8-11-25(38)17-26)33(46)44-21-27(18-31(44)32(45)41-37)51-35(48)43-20-23-9-7-13-29(39)28(23)22-43/h5,7-13,17,24,27,30-31,40H,2-4,6,14-16,18-22H2,1H3,(H,41,45)(H,42,47). The molecule has 3 N–H and O–H groups in total. The maximum Gasteiger partial charge on any atom is 0.410 e. The fraction of sp³-hybridized carbons (Fsp3) is 0.514. The van der Waals surface area contributed by atoms with Crippen LogP contribution in [0.2, 0.25) is 0 Å². The lowest BCUT2D eigenvalue weighted by Crippen LogP contribution is -2.58. The van der Waals surface area contributed by atoms with Crippen LogP contribution >= 0.6 is 0 Å². The van der Waals surface area contributed by atoms with Crippen molar-refractivity contribution in [1.29, 1.82) is 0 Å². The molecule has 5 atom stereocenters. The summed E-state index contributed by atoms with van der Waals surface area (Å²) < 4.78 is 61.7. The van der Waals surface area contributed by atoms with E-state index in [1.54, 1.807) is 25.1 Å². The number of carbonyl (C=O) groups is 4. The van der Waals surface area contributed by atoms with E-state index in [0.717, 1.165) is 12.8 Å². The minimum absolute atomic E-state index is 0.00817. The van der Waals surface area contributed by atoms with Gasteiger partial charge in [-0.05, 0) is 75.3 Å². The molecule has 3 heterocycles. The highest BCUT2D eigenvalue weighted by molar-refractivity contribution is 7.91. The molecular weight excluding hydrogens is 696 g/mol. The maximum absolute atomic E-state index is 14.4. The lowest BCUT2D eigenvalue weighted by atomic mass is 10.0. The van der Waals surface area contributed by atoms with Crippen LogP contribution in [0.4, 0.5) is 19.3 Å². The Hall–Kier alpha value is -4.53. The fourth-order valence-corrected chi connectivity index (χ4v) is 8.77. The number of nitrogens with one attached hydrogen (secondary N) is 3. The monoisotopic (exact) mass is 739 g/mol. The Bertz CT molecular complexity index is 1920. The minimum Gasteiger partial charge on any atom is -0.444 e. The average molecular weight is 740 g/mol. The molecule has 5 aliphatic rings. The molecule has 15 heteroatoms. The SMILES string of the molecule is CC1(S(=O)(=O)NC(=O)C23CC2C=CCCCCCC(Nc2cccc(F)c2)C(=O)N2CC(OC(=O)N4Cc5cccc(F)c5C4)CC2C(=O)N3)CC1. The molecule has 4 amide bonds. The topological polar surface area (TPSA) is 154 Å². The molecule has 0 radical (unpaired) electrons. The molecule has 12 nitrogen and oxygen atoms in total. The van der Waals surface area contributed by atoms with Gasteiger partial charge in [0.2, 0.25) is 21.8 Å². The zero-order chi connectivity index (χ0) is 36.8. The molecule has 1 saturated heterocycles. The Morgan fingerprint density at radius 2 is 1.83 bits per heavy atom. The third-order valence-corrected chi connectivity index (χ3v) is 13.3. The summed E-state index contributed by atoms with van der Waals surface area (Å²) in [4.78, 5) is 58.5. The third kappa shape index (κ3) is 7.11. The van der Waals surface area contributed by atoms with Crippen LogP contribution < -0.4 is 15.4 Å². The van der Waals surface area contributed by atoms with Crippen LogP contribution in [-0.4, -0.2) is 77.1 Å². The summed E-state index contributed by atoms with van der Waals surface area (Å²) in [5.74, 6) is -3.38. The number of carbonyl (C=O) groups excluding carboxylic acids is 4. The van der Waals surface area contributed by atoms with Crippen molar-refractivity contribution >= 4 is 39.5 Å². The predicted molar refractivity (Wildman–Crippen MR) is 186 cm³/mol. The molecule has 5 unspecified atom stereocenters. The van der Waals surface area contributed by atoms with Crippen LogP contribution in [0.25, 0.3) is 0 Å². The summed E-state index contributed by atoms with van der Waals surface area (Å²) in [6.07, 6.45) is 6.27. The summed E-state index contributed by atoms with van der Waals surface area (Å²) in [7, 11) is -4.01. The number of sulfonamides is 1. The number of amides is 4. The molecule has 3 fully saturated rings. The van der Waals surface area contributed by atoms with E-state index in [1.807, 2.05) is 12.2 Å². The second-order valence-electron chi connectivity index (χ2n) is 14.9. The Balaban J connectivity index is 1.15. The molecule has 0 aromatic heterocycles. The second kappa shape index (κ2) is 13.8. The molecule has 2 aromatic rings. The molecule has 2 aliphatic carbocycles. The van der Waals surface area contributed by atoms with E-state index in [9.17, 15) is 36.4 Å². The molecule has 3 aliphatic heterocycles. The van der Waals surface area contributed by atoms with Crippen LogP contribution in [0.1, 0.15) is 75.8 Å². The lowest BCUT2D eigenvalue weighted by Gasteiger charge is -2.30. The van der Waals surface area contributed by atoms with Crippen LogP contribution in [0, 0.1) is 17.6 Å². The van der Waals surface area contributed by atoms with E-state index in [-0.39, 0.29) is 32.5 Å². The van der Waals surface area contributed by atoms with Crippen molar-refractivity contribution in [2.24, 2.45) is 5.92 Å². The number of nitrogens with zero attached hydrogens (tertiary/aromatic N) is 2. The number of ether oxygens (including phenoxy) is 1. The van der Waals surface area contributed by atoms with Gasteiger partial charge in [-0.25, -0.2) is 22.0 Å². The van der Waals surface area contributed by atoms with Gasteiger partial charge in [-0.15, -0.1) is 0 Å². The molecule has 7 rings (SSSR count). The number of rotatable bonds is 6. The Morgan fingerprint density at radius 1 is 1.04 bits per heavy atom. The Labute approximate surface area is 301 Å². The minimum atomic E-state index is -4.01. The van der Waals surface area contributed by atoms with Gasteiger partial charge >= 0.3 is 6.09 Å². The molecule has 278 valence electrons. The van der Waals surface area contributed by atoms with E-state index in [1.165, 1.54) is 34.1 Å². The Morgan fingerprint density at radius 3 is 2.58 bits per heavy atom. The first kappa shape index (κ1) is 35.9. The number of halogens is 2. The lowest BCUT2D eigenvalue weighted by molar-refractivity contribution is -0.140. The highest BCUT2D eigenvalue weighted by atomic mass is 32.2. The molecular formula is C37H43F2N5O7S. The van der Waals surface area contributed by atoms with Gasteiger partial charge in [0.1, 0.15) is 35.4 Å². The molecule has 2 saturated carbocycles. The first-order chi connectivity index (χ1) is 24.8. The van der Waals surface area contributed by atoms with Crippen molar-refractivity contribution < 1.29 is 41.1 Å². The van der Waals surface area contributed by atoms with E-state index in [2.05, 4.69) is 15.4 Å². The van der Waals surface area contributed by atoms with E-state index in [4.69, 9.17) is 4.74 Å². The number of allylic oxidation sites excluding steroid dienone is 1. The quantitative estimate of drug-likeness (QED) is 0.372. The van der Waals surface area contributed by atoms with Crippen molar-refractivity contribution in [1.82, 2.24) is 19.8 Å². The summed E-state index contributed by atoms with van der Waals surface area (Å²) in [5.41, 5.74) is -0.120. The molecule has 52 heavy (non-hydrogen) atoms. The highest BCUT2D eigenvalue weighted by Crippen LogP contribution is 2.47. The van der Waals surface area contributed by atoms with Crippen molar-refractivity contribution in [3.8, 4) is 0 Å². The first-order valence-corrected chi connectivity index (χ1v) is 19.4. The van der Waals surface area contributed by atoms with Gasteiger partial charge in [0.05, 0.1) is 17.8 Å². The smallest absolute Gasteiger partial charge is 0.410 e. The summed E-state index contributed by atoms with van der Waals surface area (Å²) in [5, 5.41) is 5.96. The van der Waals surface area contributed by atoms with Gasteiger partial charge in [-0.3, -0.25) is 24.0 Å². The van der Waals surface area contributed by atoms with Gasteiger partial charge < -0.3 is 20.3 Å². The Kier molecular flexibility index (Phi) is 9.51. The summed E-state index contributed by atoms with van der Waals surface area (Å²) >= 11 is 0.